The maximum atomic E-state index is 12.3. The average Bonchev–Trinajstić information content (AvgIpc) is 2.40. The number of hydrogen-bond acceptors (Lipinski definition) is 5. The monoisotopic (exact) mass is 300 g/mol. The molecule has 0 fully saturated rings. The molecule has 0 atom stereocenters. The minimum Gasteiger partial charge on any atom is -0.476 e. The fourth-order valence-corrected chi connectivity index (χ4v) is 1.39. The molecule has 110 valence electrons. The van der Waals surface area contributed by atoms with E-state index in [4.69, 9.17) is 9.84 Å². The van der Waals surface area contributed by atoms with Crippen LogP contribution in [0.4, 0.5) is 13.2 Å². The minimum atomic E-state index is -4.91. The largest absolute Gasteiger partial charge is 0.573 e. The van der Waals surface area contributed by atoms with Gasteiger partial charge in [-0.3, -0.25) is 0 Å². The van der Waals surface area contributed by atoms with E-state index < -0.39 is 29.7 Å². The van der Waals surface area contributed by atoms with Crippen molar-refractivity contribution in [2.24, 2.45) is 0 Å². The molecule has 0 spiro atoms. The van der Waals surface area contributed by atoms with Gasteiger partial charge in [-0.1, -0.05) is 12.1 Å². The Morgan fingerprint density at radius 3 is 2.33 bits per heavy atom. The van der Waals surface area contributed by atoms with Crippen LogP contribution in [0.3, 0.4) is 0 Å². The first-order valence-corrected chi connectivity index (χ1v) is 5.44. The molecule has 21 heavy (non-hydrogen) atoms. The minimum absolute atomic E-state index is 0.335. The van der Waals surface area contributed by atoms with Gasteiger partial charge in [0, 0.05) is 12.4 Å². The van der Waals surface area contributed by atoms with Crippen LogP contribution in [0.1, 0.15) is 10.5 Å². The number of aromatic carboxylic acids is 1. The SMILES string of the molecule is O=C(O)c1nccnc1Oc1ccccc1OC(F)(F)F. The Labute approximate surface area is 115 Å². The van der Waals surface area contributed by atoms with E-state index in [0.29, 0.717) is 0 Å². The lowest BCUT2D eigenvalue weighted by molar-refractivity contribution is -0.275. The highest BCUT2D eigenvalue weighted by Gasteiger charge is 2.32. The molecule has 1 aromatic heterocycles. The number of carboxylic acid groups (broad SMARTS) is 1. The normalized spacial score (nSPS) is 11.0. The molecule has 0 unspecified atom stereocenters. The summed E-state index contributed by atoms with van der Waals surface area (Å²) in [5.74, 6) is -2.82. The lowest BCUT2D eigenvalue weighted by atomic mass is 10.3. The Bertz CT molecular complexity index is 661. The van der Waals surface area contributed by atoms with Crippen LogP contribution in [0.5, 0.6) is 17.4 Å². The zero-order valence-corrected chi connectivity index (χ0v) is 10.2. The second kappa shape index (κ2) is 5.65. The van der Waals surface area contributed by atoms with Crippen LogP contribution in [0.2, 0.25) is 0 Å². The van der Waals surface area contributed by atoms with Crippen LogP contribution < -0.4 is 9.47 Å². The lowest BCUT2D eigenvalue weighted by Gasteiger charge is -2.13. The number of para-hydroxylation sites is 2. The fraction of sp³-hybridized carbons (Fsp3) is 0.0833. The van der Waals surface area contributed by atoms with Crippen LogP contribution in [-0.2, 0) is 0 Å². The van der Waals surface area contributed by atoms with Crippen molar-refractivity contribution >= 4 is 5.97 Å². The molecule has 0 amide bonds. The van der Waals surface area contributed by atoms with E-state index in [1.165, 1.54) is 18.2 Å². The maximum Gasteiger partial charge on any atom is 0.573 e. The number of carbonyl (C=O) groups is 1. The van der Waals surface area contributed by atoms with Gasteiger partial charge in [0.15, 0.2) is 11.5 Å². The second-order valence-electron chi connectivity index (χ2n) is 3.61. The highest BCUT2D eigenvalue weighted by Crippen LogP contribution is 2.34. The average molecular weight is 300 g/mol. The van der Waals surface area contributed by atoms with Gasteiger partial charge in [-0.2, -0.15) is 0 Å². The first kappa shape index (κ1) is 14.6. The molecule has 2 aromatic rings. The van der Waals surface area contributed by atoms with Gasteiger partial charge in [-0.25, -0.2) is 14.8 Å². The molecule has 0 aliphatic rings. The van der Waals surface area contributed by atoms with Gasteiger partial charge in [0.2, 0.25) is 5.69 Å². The van der Waals surface area contributed by atoms with E-state index in [-0.39, 0.29) is 5.75 Å². The van der Waals surface area contributed by atoms with Gasteiger partial charge in [0.25, 0.3) is 5.88 Å². The molecule has 0 saturated heterocycles. The predicted octanol–water partition coefficient (Wildman–Crippen LogP) is 2.87. The van der Waals surface area contributed by atoms with Crippen LogP contribution in [0.15, 0.2) is 36.7 Å². The molecule has 0 aliphatic heterocycles. The van der Waals surface area contributed by atoms with Crippen molar-refractivity contribution in [2.45, 2.75) is 6.36 Å². The third kappa shape index (κ3) is 3.81. The van der Waals surface area contributed by atoms with Crippen LogP contribution in [0, 0.1) is 0 Å². The zero-order valence-electron chi connectivity index (χ0n) is 10.2. The van der Waals surface area contributed by atoms with Crippen LogP contribution >= 0.6 is 0 Å². The summed E-state index contributed by atoms with van der Waals surface area (Å²) in [7, 11) is 0. The molecule has 2 rings (SSSR count). The van der Waals surface area contributed by atoms with Crippen molar-refractivity contribution < 1.29 is 32.5 Å². The van der Waals surface area contributed by atoms with Gasteiger partial charge in [0.05, 0.1) is 0 Å². The molecule has 6 nitrogen and oxygen atoms in total. The van der Waals surface area contributed by atoms with E-state index in [1.807, 2.05) is 0 Å². The van der Waals surface area contributed by atoms with Crippen molar-refractivity contribution in [3.8, 4) is 17.4 Å². The molecular weight excluding hydrogens is 293 g/mol. The number of alkyl halides is 3. The van der Waals surface area contributed by atoms with E-state index >= 15 is 0 Å². The summed E-state index contributed by atoms with van der Waals surface area (Å²) in [5.41, 5.74) is -0.528. The smallest absolute Gasteiger partial charge is 0.476 e. The van der Waals surface area contributed by atoms with Crippen molar-refractivity contribution in [2.75, 3.05) is 0 Å². The highest BCUT2D eigenvalue weighted by atomic mass is 19.4. The predicted molar refractivity (Wildman–Crippen MR) is 62.2 cm³/mol. The molecule has 0 radical (unpaired) electrons. The number of rotatable bonds is 4. The van der Waals surface area contributed by atoms with E-state index in [2.05, 4.69) is 14.7 Å². The Kier molecular flexibility index (Phi) is 3.92. The lowest BCUT2D eigenvalue weighted by Crippen LogP contribution is -2.17. The summed E-state index contributed by atoms with van der Waals surface area (Å²) in [6, 6.07) is 4.92. The van der Waals surface area contributed by atoms with Crippen molar-refractivity contribution in [3.63, 3.8) is 0 Å². The number of aromatic nitrogens is 2. The summed E-state index contributed by atoms with van der Waals surface area (Å²) >= 11 is 0. The van der Waals surface area contributed by atoms with Gasteiger partial charge in [-0.15, -0.1) is 13.2 Å². The number of halogens is 3. The summed E-state index contributed by atoms with van der Waals surface area (Å²) in [6.07, 6.45) is -2.64. The number of benzene rings is 1. The number of ether oxygens (including phenoxy) is 2. The molecule has 0 saturated carbocycles. The van der Waals surface area contributed by atoms with Gasteiger partial charge < -0.3 is 14.6 Å². The third-order valence-electron chi connectivity index (χ3n) is 2.15. The summed E-state index contributed by atoms with van der Waals surface area (Å²) in [5, 5.41) is 8.91. The van der Waals surface area contributed by atoms with Gasteiger partial charge >= 0.3 is 12.3 Å². The topological polar surface area (TPSA) is 81.5 Å². The Hall–Kier alpha value is -2.84. The third-order valence-corrected chi connectivity index (χ3v) is 2.15. The first-order valence-electron chi connectivity index (χ1n) is 5.44. The number of carboxylic acids is 1. The number of nitrogens with zero attached hydrogens (tertiary/aromatic N) is 2. The van der Waals surface area contributed by atoms with Crippen molar-refractivity contribution in [1.29, 1.82) is 0 Å². The molecular formula is C12H7F3N2O4. The molecule has 1 N–H and O–H groups in total. The Morgan fingerprint density at radius 1 is 1.10 bits per heavy atom. The fourth-order valence-electron chi connectivity index (χ4n) is 1.39. The summed E-state index contributed by atoms with van der Waals surface area (Å²) in [4.78, 5) is 18.1. The highest BCUT2D eigenvalue weighted by molar-refractivity contribution is 5.87. The maximum absolute atomic E-state index is 12.3. The van der Waals surface area contributed by atoms with Crippen LogP contribution in [0.25, 0.3) is 0 Å². The Morgan fingerprint density at radius 2 is 1.71 bits per heavy atom. The van der Waals surface area contributed by atoms with Gasteiger partial charge in [0.1, 0.15) is 0 Å². The quantitative estimate of drug-likeness (QED) is 0.935. The second-order valence-corrected chi connectivity index (χ2v) is 3.61. The molecule has 1 heterocycles. The van der Waals surface area contributed by atoms with Gasteiger partial charge in [-0.05, 0) is 12.1 Å². The molecule has 9 heteroatoms. The first-order chi connectivity index (χ1) is 9.87. The molecule has 0 aliphatic carbocycles. The molecule has 1 aromatic carbocycles. The van der Waals surface area contributed by atoms with E-state index in [1.54, 1.807) is 0 Å². The van der Waals surface area contributed by atoms with Crippen LogP contribution in [-0.4, -0.2) is 27.4 Å². The standard InChI is InChI=1S/C12H7F3N2O4/c13-12(14,15)21-8-4-2-1-3-7(8)20-10-9(11(18)19)16-5-6-17-10/h1-6H,(H,18,19). The Balaban J connectivity index is 2.35. The summed E-state index contributed by atoms with van der Waals surface area (Å²) < 4.78 is 45.7. The van der Waals surface area contributed by atoms with E-state index in [9.17, 15) is 18.0 Å². The number of hydrogen-bond donors (Lipinski definition) is 1. The summed E-state index contributed by atoms with van der Waals surface area (Å²) in [6.45, 7) is 0. The zero-order chi connectivity index (χ0) is 15.5. The van der Waals surface area contributed by atoms with E-state index in [0.717, 1.165) is 18.5 Å². The molecule has 0 bridgehead atoms. The van der Waals surface area contributed by atoms with Crippen molar-refractivity contribution in [3.05, 3.63) is 42.4 Å². The van der Waals surface area contributed by atoms with Crippen molar-refractivity contribution in [1.82, 2.24) is 9.97 Å².